The average molecular weight is 488 g/mol. The average Bonchev–Trinajstić information content (AvgIpc) is 2.67. The van der Waals surface area contributed by atoms with E-state index >= 15 is 0 Å². The van der Waals surface area contributed by atoms with Crippen LogP contribution in [0.5, 0.6) is 0 Å². The van der Waals surface area contributed by atoms with Crippen LogP contribution in [0.2, 0.25) is 5.02 Å². The number of unbranched alkanes of at least 4 members (excludes halogenated alkanes) is 1. The number of sulfonamides is 2. The van der Waals surface area contributed by atoms with Gasteiger partial charge in [-0.3, -0.25) is 4.79 Å². The highest BCUT2D eigenvalue weighted by atomic mass is 35.5. The van der Waals surface area contributed by atoms with E-state index in [2.05, 4.69) is 14.8 Å². The molecule has 0 aliphatic heterocycles. The number of carbonyl (C=O) groups excluding carboxylic acids is 1. The van der Waals surface area contributed by atoms with Gasteiger partial charge in [0.1, 0.15) is 0 Å². The van der Waals surface area contributed by atoms with Crippen molar-refractivity contribution in [2.75, 3.05) is 11.9 Å². The fraction of sp³-hybridized carbons (Fsp3) is 0.350. The van der Waals surface area contributed by atoms with E-state index in [1.165, 1.54) is 42.5 Å². The molecule has 2 rings (SSSR count). The van der Waals surface area contributed by atoms with Crippen LogP contribution >= 0.6 is 11.6 Å². The molecule has 0 spiro atoms. The second-order valence-corrected chi connectivity index (χ2v) is 11.0. The van der Waals surface area contributed by atoms with Crippen molar-refractivity contribution in [3.63, 3.8) is 0 Å². The molecule has 0 saturated carbocycles. The van der Waals surface area contributed by atoms with Crippen LogP contribution in [0, 0.1) is 0 Å². The minimum absolute atomic E-state index is 0.00459. The number of hydrogen-bond acceptors (Lipinski definition) is 5. The Morgan fingerprint density at radius 1 is 1.00 bits per heavy atom. The molecule has 2 aromatic rings. The molecule has 1 amide bonds. The first-order valence-electron chi connectivity index (χ1n) is 9.69. The van der Waals surface area contributed by atoms with Crippen molar-refractivity contribution < 1.29 is 21.6 Å². The van der Waals surface area contributed by atoms with E-state index in [4.69, 9.17) is 11.6 Å². The van der Waals surface area contributed by atoms with Crippen LogP contribution in [0.25, 0.3) is 0 Å². The van der Waals surface area contributed by atoms with E-state index < -0.39 is 26.0 Å². The van der Waals surface area contributed by atoms with Crippen LogP contribution in [0.4, 0.5) is 5.69 Å². The number of rotatable bonds is 10. The summed E-state index contributed by atoms with van der Waals surface area (Å²) in [4.78, 5) is 12.6. The quantitative estimate of drug-likeness (QED) is 0.443. The molecule has 31 heavy (non-hydrogen) atoms. The van der Waals surface area contributed by atoms with Crippen molar-refractivity contribution in [3.8, 4) is 0 Å². The molecule has 0 heterocycles. The highest BCUT2D eigenvalue weighted by molar-refractivity contribution is 7.89. The summed E-state index contributed by atoms with van der Waals surface area (Å²) in [6.45, 7) is 5.63. The van der Waals surface area contributed by atoms with E-state index in [1.807, 2.05) is 6.92 Å². The fourth-order valence-electron chi connectivity index (χ4n) is 2.63. The molecule has 2 aromatic carbocycles. The molecule has 0 aromatic heterocycles. The molecule has 0 atom stereocenters. The molecular formula is C20H26ClN3O5S2. The lowest BCUT2D eigenvalue weighted by atomic mass is 10.2. The largest absolute Gasteiger partial charge is 0.322 e. The summed E-state index contributed by atoms with van der Waals surface area (Å²) in [7, 11) is -7.53. The third kappa shape index (κ3) is 7.01. The first-order chi connectivity index (χ1) is 14.5. The van der Waals surface area contributed by atoms with Crippen molar-refractivity contribution in [1.29, 1.82) is 0 Å². The second-order valence-electron chi connectivity index (χ2n) is 7.15. The smallest absolute Gasteiger partial charge is 0.257 e. The Bertz CT molecular complexity index is 1150. The minimum Gasteiger partial charge on any atom is -0.322 e. The molecule has 0 fully saturated rings. The molecule has 3 N–H and O–H groups in total. The zero-order chi connectivity index (χ0) is 23.2. The van der Waals surface area contributed by atoms with Crippen LogP contribution in [0.3, 0.4) is 0 Å². The van der Waals surface area contributed by atoms with Crippen LogP contribution in [0.1, 0.15) is 44.0 Å². The molecule has 0 unspecified atom stereocenters. The maximum Gasteiger partial charge on any atom is 0.257 e. The summed E-state index contributed by atoms with van der Waals surface area (Å²) >= 11 is 6.11. The number of carbonyl (C=O) groups is 1. The van der Waals surface area contributed by atoms with Gasteiger partial charge in [0.25, 0.3) is 5.91 Å². The first kappa shape index (κ1) is 25.3. The number of anilines is 1. The molecule has 0 aliphatic rings. The van der Waals surface area contributed by atoms with E-state index in [1.54, 1.807) is 13.8 Å². The van der Waals surface area contributed by atoms with Gasteiger partial charge in [-0.05, 0) is 56.7 Å². The lowest BCUT2D eigenvalue weighted by Crippen LogP contribution is -2.30. The number of amides is 1. The van der Waals surface area contributed by atoms with Gasteiger partial charge in [-0.25, -0.2) is 26.3 Å². The van der Waals surface area contributed by atoms with Crippen molar-refractivity contribution in [1.82, 2.24) is 9.44 Å². The number of halogens is 1. The number of benzene rings is 2. The third-order valence-electron chi connectivity index (χ3n) is 4.11. The molecule has 170 valence electrons. The SMILES string of the molecule is CCCCNS(=O)(=O)c1cccc(NC(=O)c2cc(S(=O)(=O)NC(C)C)ccc2Cl)c1. The highest BCUT2D eigenvalue weighted by Gasteiger charge is 2.20. The van der Waals surface area contributed by atoms with Crippen molar-refractivity contribution in [3.05, 3.63) is 53.1 Å². The van der Waals surface area contributed by atoms with Crippen molar-refractivity contribution >= 4 is 43.2 Å². The molecule has 0 bridgehead atoms. The van der Waals surface area contributed by atoms with Crippen LogP contribution in [-0.4, -0.2) is 35.3 Å². The van der Waals surface area contributed by atoms with Gasteiger partial charge in [-0.1, -0.05) is 31.0 Å². The maximum atomic E-state index is 12.7. The second kappa shape index (κ2) is 10.6. The predicted molar refractivity (Wildman–Crippen MR) is 121 cm³/mol. The van der Waals surface area contributed by atoms with Gasteiger partial charge in [0.15, 0.2) is 0 Å². The lowest BCUT2D eigenvalue weighted by molar-refractivity contribution is 0.102. The standard InChI is InChI=1S/C20H26ClN3O5S2/c1-4-5-11-22-30(26,27)16-8-6-7-15(12-16)23-20(25)18-13-17(9-10-19(18)21)31(28,29)24-14(2)3/h6-10,12-14,22,24H,4-5,11H2,1-3H3,(H,23,25). The molecule has 0 aliphatic carbocycles. The lowest BCUT2D eigenvalue weighted by Gasteiger charge is -2.12. The molecule has 0 radical (unpaired) electrons. The Kier molecular flexibility index (Phi) is 8.61. The van der Waals surface area contributed by atoms with Crippen molar-refractivity contribution in [2.24, 2.45) is 0 Å². The summed E-state index contributed by atoms with van der Waals surface area (Å²) in [6, 6.07) is 9.24. The van der Waals surface area contributed by atoms with Crippen LogP contribution < -0.4 is 14.8 Å². The Hall–Kier alpha value is -1.98. The Balaban J connectivity index is 2.27. The fourth-order valence-corrected chi connectivity index (χ4v) is 5.23. The van der Waals surface area contributed by atoms with E-state index in [0.29, 0.717) is 13.0 Å². The summed E-state index contributed by atoms with van der Waals surface area (Å²) in [5.41, 5.74) is 0.177. The third-order valence-corrected chi connectivity index (χ3v) is 7.55. The van der Waals surface area contributed by atoms with E-state index in [9.17, 15) is 21.6 Å². The van der Waals surface area contributed by atoms with Gasteiger partial charge < -0.3 is 5.32 Å². The van der Waals surface area contributed by atoms with E-state index in [-0.39, 0.29) is 32.1 Å². The van der Waals surface area contributed by atoms with Gasteiger partial charge in [0.05, 0.1) is 20.4 Å². The Labute approximate surface area is 188 Å². The first-order valence-corrected chi connectivity index (χ1v) is 13.0. The zero-order valence-electron chi connectivity index (χ0n) is 17.5. The van der Waals surface area contributed by atoms with Crippen LogP contribution in [-0.2, 0) is 20.0 Å². The summed E-state index contributed by atoms with van der Waals surface area (Å²) in [5, 5.41) is 2.63. The van der Waals surface area contributed by atoms with Crippen molar-refractivity contribution in [2.45, 2.75) is 49.4 Å². The molecule has 8 nitrogen and oxygen atoms in total. The predicted octanol–water partition coefficient (Wildman–Crippen LogP) is 3.36. The topological polar surface area (TPSA) is 121 Å². The minimum atomic E-state index is -3.82. The number of hydrogen-bond donors (Lipinski definition) is 3. The van der Waals surface area contributed by atoms with Gasteiger partial charge in [-0.15, -0.1) is 0 Å². The molecule has 0 saturated heterocycles. The number of nitrogens with one attached hydrogen (secondary N) is 3. The van der Waals surface area contributed by atoms with Gasteiger partial charge in [0.2, 0.25) is 20.0 Å². The molecule has 11 heteroatoms. The summed E-state index contributed by atoms with van der Waals surface area (Å²) < 4.78 is 54.5. The monoisotopic (exact) mass is 487 g/mol. The normalized spacial score (nSPS) is 12.2. The van der Waals surface area contributed by atoms with Gasteiger partial charge in [-0.2, -0.15) is 0 Å². The summed E-state index contributed by atoms with van der Waals surface area (Å²) in [5.74, 6) is -0.667. The van der Waals surface area contributed by atoms with E-state index in [0.717, 1.165) is 6.42 Å². The Morgan fingerprint density at radius 3 is 2.32 bits per heavy atom. The molecular weight excluding hydrogens is 462 g/mol. The van der Waals surface area contributed by atoms with Gasteiger partial charge >= 0.3 is 0 Å². The maximum absolute atomic E-state index is 12.7. The Morgan fingerprint density at radius 2 is 1.68 bits per heavy atom. The van der Waals surface area contributed by atoms with Gasteiger partial charge in [0, 0.05) is 18.3 Å². The summed E-state index contributed by atoms with van der Waals surface area (Å²) in [6.07, 6.45) is 1.56. The van der Waals surface area contributed by atoms with Crippen LogP contribution in [0.15, 0.2) is 52.3 Å². The highest BCUT2D eigenvalue weighted by Crippen LogP contribution is 2.23. The zero-order valence-corrected chi connectivity index (χ0v) is 19.9.